The molecule has 0 aliphatic carbocycles. The van der Waals surface area contributed by atoms with Crippen LogP contribution >= 0.6 is 0 Å². The van der Waals surface area contributed by atoms with Crippen LogP contribution in [0.5, 0.6) is 0 Å². The van der Waals surface area contributed by atoms with Crippen molar-refractivity contribution >= 4 is 17.1 Å². The first-order valence-corrected chi connectivity index (χ1v) is 9.88. The van der Waals surface area contributed by atoms with Crippen LogP contribution in [-0.2, 0) is 24.9 Å². The van der Waals surface area contributed by atoms with E-state index < -0.39 is 0 Å². The fraction of sp³-hybridized carbons (Fsp3) is 0.217. The zero-order valence-electron chi connectivity index (χ0n) is 17.0. The lowest BCUT2D eigenvalue weighted by Gasteiger charge is -2.21. The van der Waals surface area contributed by atoms with Crippen LogP contribution in [0.15, 0.2) is 71.7 Å². The van der Waals surface area contributed by atoms with Gasteiger partial charge >= 0.3 is 5.69 Å². The molecule has 1 amide bonds. The predicted molar refractivity (Wildman–Crippen MR) is 116 cm³/mol. The molecule has 0 spiro atoms. The van der Waals surface area contributed by atoms with Gasteiger partial charge in [-0.2, -0.15) is 0 Å². The standard InChI is InChI=1S/C23H23N5O2/c1-3-27(15-17-10-6-4-7-11-17)20(29)16-28-22-19(26(2)23(28)30)14-24-21(25-22)18-12-8-5-9-13-18/h4-14H,3,15-16H2,1-2H3/i2-1. The van der Waals surface area contributed by atoms with E-state index in [4.69, 9.17) is 0 Å². The van der Waals surface area contributed by atoms with Gasteiger partial charge in [-0.15, -0.1) is 0 Å². The van der Waals surface area contributed by atoms with Crippen LogP contribution in [0.4, 0.5) is 0 Å². The van der Waals surface area contributed by atoms with Gasteiger partial charge in [-0.05, 0) is 12.5 Å². The van der Waals surface area contributed by atoms with Crippen molar-refractivity contribution in [1.29, 1.82) is 0 Å². The molecule has 0 fully saturated rings. The van der Waals surface area contributed by atoms with Gasteiger partial charge in [0.2, 0.25) is 5.91 Å². The fourth-order valence-electron chi connectivity index (χ4n) is 3.46. The Kier molecular flexibility index (Phi) is 5.43. The third kappa shape index (κ3) is 3.74. The number of hydrogen-bond acceptors (Lipinski definition) is 4. The van der Waals surface area contributed by atoms with E-state index in [2.05, 4.69) is 9.97 Å². The molecule has 7 nitrogen and oxygen atoms in total. The van der Waals surface area contributed by atoms with Crippen LogP contribution in [0.1, 0.15) is 12.5 Å². The van der Waals surface area contributed by atoms with Gasteiger partial charge in [0.15, 0.2) is 11.5 Å². The Labute approximate surface area is 174 Å². The highest BCUT2D eigenvalue weighted by Gasteiger charge is 2.19. The van der Waals surface area contributed by atoms with Gasteiger partial charge in [0.05, 0.1) is 6.20 Å². The Morgan fingerprint density at radius 1 is 1.03 bits per heavy atom. The molecule has 0 N–H and O–H groups in total. The average molecular weight is 400 g/mol. The van der Waals surface area contributed by atoms with Crippen molar-refractivity contribution in [3.63, 3.8) is 0 Å². The molecule has 0 saturated heterocycles. The summed E-state index contributed by atoms with van der Waals surface area (Å²) in [7, 11) is 1.67. The molecule has 0 bridgehead atoms. The quantitative estimate of drug-likeness (QED) is 0.499. The number of carbonyl (C=O) groups is 1. The molecular weight excluding hydrogens is 377 g/mol. The van der Waals surface area contributed by atoms with Gasteiger partial charge in [0, 0.05) is 25.7 Å². The molecule has 2 heterocycles. The summed E-state index contributed by atoms with van der Waals surface area (Å²) in [4.78, 5) is 36.6. The molecule has 4 rings (SSSR count). The van der Waals surface area contributed by atoms with Crippen molar-refractivity contribution < 1.29 is 4.79 Å². The number of aryl methyl sites for hydroxylation is 1. The van der Waals surface area contributed by atoms with Crippen LogP contribution in [0.25, 0.3) is 22.6 Å². The van der Waals surface area contributed by atoms with E-state index in [9.17, 15) is 9.59 Å². The maximum Gasteiger partial charge on any atom is 0.330 e. The third-order valence-corrected chi connectivity index (χ3v) is 5.16. The summed E-state index contributed by atoms with van der Waals surface area (Å²) in [5.74, 6) is 0.391. The van der Waals surface area contributed by atoms with E-state index in [0.717, 1.165) is 11.1 Å². The minimum Gasteiger partial charge on any atom is -0.337 e. The largest absolute Gasteiger partial charge is 0.337 e. The smallest absolute Gasteiger partial charge is 0.330 e. The van der Waals surface area contributed by atoms with E-state index in [0.29, 0.717) is 30.1 Å². The first kappa shape index (κ1) is 19.6. The normalized spacial score (nSPS) is 11.0. The Bertz CT molecular complexity index is 1230. The Balaban J connectivity index is 1.68. The summed E-state index contributed by atoms with van der Waals surface area (Å²) >= 11 is 0. The van der Waals surface area contributed by atoms with Crippen LogP contribution in [0.2, 0.25) is 0 Å². The second kappa shape index (κ2) is 8.32. The third-order valence-electron chi connectivity index (χ3n) is 5.16. The van der Waals surface area contributed by atoms with E-state index >= 15 is 0 Å². The summed E-state index contributed by atoms with van der Waals surface area (Å²) < 4.78 is 2.91. The second-order valence-electron chi connectivity index (χ2n) is 7.09. The molecule has 152 valence electrons. The zero-order valence-corrected chi connectivity index (χ0v) is 17.0. The van der Waals surface area contributed by atoms with Crippen molar-refractivity contribution in [3.05, 3.63) is 82.9 Å². The lowest BCUT2D eigenvalue weighted by Crippen LogP contribution is -2.36. The molecule has 4 aromatic rings. The van der Waals surface area contributed by atoms with Crippen molar-refractivity contribution in [2.45, 2.75) is 20.0 Å². The van der Waals surface area contributed by atoms with Crippen LogP contribution in [0, 0.1) is 0 Å². The molecule has 0 atom stereocenters. The Morgan fingerprint density at radius 3 is 2.37 bits per heavy atom. The van der Waals surface area contributed by atoms with Gasteiger partial charge in [-0.1, -0.05) is 60.7 Å². The fourth-order valence-corrected chi connectivity index (χ4v) is 3.46. The number of nitrogens with zero attached hydrogens (tertiary/aromatic N) is 5. The summed E-state index contributed by atoms with van der Waals surface area (Å²) in [6.45, 7) is 2.92. The molecule has 0 radical (unpaired) electrons. The minimum atomic E-state index is -0.284. The predicted octanol–water partition coefficient (Wildman–Crippen LogP) is 2.85. The molecule has 30 heavy (non-hydrogen) atoms. The van der Waals surface area contributed by atoms with E-state index in [1.807, 2.05) is 67.6 Å². The monoisotopic (exact) mass is 400 g/mol. The number of aromatic nitrogens is 4. The molecule has 2 aromatic heterocycles. The van der Waals surface area contributed by atoms with Crippen molar-refractivity contribution in [2.75, 3.05) is 6.54 Å². The zero-order chi connectivity index (χ0) is 21.1. The van der Waals surface area contributed by atoms with Gasteiger partial charge < -0.3 is 4.90 Å². The van der Waals surface area contributed by atoms with Gasteiger partial charge in [0.1, 0.15) is 12.1 Å². The van der Waals surface area contributed by atoms with E-state index in [1.165, 1.54) is 9.13 Å². The lowest BCUT2D eigenvalue weighted by atomic mass is 10.2. The lowest BCUT2D eigenvalue weighted by molar-refractivity contribution is -0.132. The number of hydrogen-bond donors (Lipinski definition) is 0. The summed E-state index contributed by atoms with van der Waals surface area (Å²) in [6.07, 6.45) is 1.63. The SMILES string of the molecule is CCN(Cc1ccccc1)C(=O)Cn1c(=O)n([11CH3])c2cnc(-c3ccccc3)nc21. The maximum absolute atomic E-state index is 13.0. The first-order chi connectivity index (χ1) is 14.6. The molecule has 7 heteroatoms. The maximum atomic E-state index is 13.0. The molecule has 0 aliphatic rings. The molecule has 0 aliphatic heterocycles. The number of likely N-dealkylation sites (N-methyl/N-ethyl adjacent to an activating group) is 1. The molecule has 0 saturated carbocycles. The second-order valence-corrected chi connectivity index (χ2v) is 7.09. The highest BCUT2D eigenvalue weighted by atomic mass is 16.2. The summed E-state index contributed by atoms with van der Waals surface area (Å²) in [5.41, 5.74) is 2.67. The van der Waals surface area contributed by atoms with E-state index in [1.54, 1.807) is 18.1 Å². The highest BCUT2D eigenvalue weighted by Crippen LogP contribution is 2.17. The summed E-state index contributed by atoms with van der Waals surface area (Å²) in [5, 5.41) is 0. The van der Waals surface area contributed by atoms with Gasteiger partial charge in [0.25, 0.3) is 0 Å². The number of fused-ring (bicyclic) bond motifs is 1. The Hall–Kier alpha value is -3.74. The first-order valence-electron chi connectivity index (χ1n) is 9.88. The number of amides is 1. The number of benzene rings is 2. The number of carbonyl (C=O) groups excluding carboxylic acids is 1. The van der Waals surface area contributed by atoms with Crippen LogP contribution in [-0.4, -0.2) is 36.5 Å². The highest BCUT2D eigenvalue weighted by molar-refractivity contribution is 5.79. The molecule has 2 aromatic carbocycles. The number of imidazole rings is 1. The van der Waals surface area contributed by atoms with Crippen molar-refractivity contribution in [3.8, 4) is 11.4 Å². The molecule has 0 unspecified atom stereocenters. The molecular formula is C23H23N5O2. The Morgan fingerprint density at radius 2 is 1.70 bits per heavy atom. The van der Waals surface area contributed by atoms with Crippen LogP contribution < -0.4 is 5.69 Å². The minimum absolute atomic E-state index is 0.0674. The van der Waals surface area contributed by atoms with Gasteiger partial charge in [-0.25, -0.2) is 14.8 Å². The van der Waals surface area contributed by atoms with Crippen molar-refractivity contribution in [2.24, 2.45) is 7.05 Å². The van der Waals surface area contributed by atoms with E-state index in [-0.39, 0.29) is 18.1 Å². The topological polar surface area (TPSA) is 73.0 Å². The van der Waals surface area contributed by atoms with Gasteiger partial charge in [-0.3, -0.25) is 13.9 Å². The van der Waals surface area contributed by atoms with Crippen molar-refractivity contribution in [1.82, 2.24) is 24.0 Å². The average Bonchev–Trinajstić information content (AvgIpc) is 3.03. The summed E-state index contributed by atoms with van der Waals surface area (Å²) in [6, 6.07) is 19.4. The van der Waals surface area contributed by atoms with Crippen LogP contribution in [0.3, 0.4) is 0 Å². The number of rotatable bonds is 6.